The lowest BCUT2D eigenvalue weighted by atomic mass is 10.0. The molecule has 2 aromatic rings. The van der Waals surface area contributed by atoms with Gasteiger partial charge in [-0.05, 0) is 41.0 Å². The minimum absolute atomic E-state index is 0.0178. The van der Waals surface area contributed by atoms with Gasteiger partial charge in [0.1, 0.15) is 10.8 Å². The fourth-order valence-corrected chi connectivity index (χ4v) is 4.08. The number of esters is 1. The summed E-state index contributed by atoms with van der Waals surface area (Å²) < 4.78 is 10.1. The zero-order valence-electron chi connectivity index (χ0n) is 17.9. The normalized spacial score (nSPS) is 11.7. The Labute approximate surface area is 180 Å². The van der Waals surface area contributed by atoms with E-state index < -0.39 is 12.0 Å². The molecule has 1 heterocycles. The van der Waals surface area contributed by atoms with Crippen molar-refractivity contribution in [2.45, 2.75) is 39.7 Å². The Morgan fingerprint density at radius 2 is 1.77 bits per heavy atom. The molecule has 1 atom stereocenters. The third-order valence-corrected chi connectivity index (χ3v) is 5.37. The molecular formula is C22H28N2O5S. The number of methoxy groups -OCH3 is 2. The summed E-state index contributed by atoms with van der Waals surface area (Å²) in [6, 6.07) is 6.64. The van der Waals surface area contributed by atoms with Crippen molar-refractivity contribution in [1.29, 1.82) is 0 Å². The van der Waals surface area contributed by atoms with Crippen LogP contribution in [-0.2, 0) is 20.7 Å². The van der Waals surface area contributed by atoms with E-state index in [1.807, 2.05) is 5.38 Å². The molecule has 162 valence electrons. The molecule has 0 spiro atoms. The highest BCUT2D eigenvalue weighted by Crippen LogP contribution is 2.31. The highest BCUT2D eigenvalue weighted by atomic mass is 32.1. The summed E-state index contributed by atoms with van der Waals surface area (Å²) in [6.45, 7) is 5.52. The smallest absolute Gasteiger partial charge is 0.341 e. The van der Waals surface area contributed by atoms with Crippen LogP contribution in [0.2, 0.25) is 0 Å². The average Bonchev–Trinajstić information content (AvgIpc) is 3.07. The molecule has 1 aromatic heterocycles. The topological polar surface area (TPSA) is 93.7 Å². The molecule has 8 heteroatoms. The van der Waals surface area contributed by atoms with Gasteiger partial charge in [-0.2, -0.15) is 0 Å². The number of thiophene rings is 1. The van der Waals surface area contributed by atoms with E-state index in [1.165, 1.54) is 25.4 Å². The molecule has 1 unspecified atom stereocenters. The maximum Gasteiger partial charge on any atom is 0.341 e. The molecule has 1 aromatic carbocycles. The molecular weight excluding hydrogens is 404 g/mol. The number of hydrogen-bond donors (Lipinski definition) is 2. The van der Waals surface area contributed by atoms with Gasteiger partial charge in [-0.15, -0.1) is 11.3 Å². The second kappa shape index (κ2) is 10.8. The third-order valence-electron chi connectivity index (χ3n) is 4.42. The Morgan fingerprint density at radius 3 is 2.30 bits per heavy atom. The lowest BCUT2D eigenvalue weighted by Gasteiger charge is -2.18. The molecule has 0 saturated carbocycles. The molecule has 0 bridgehead atoms. The van der Waals surface area contributed by atoms with Crippen LogP contribution in [0.1, 0.15) is 54.7 Å². The molecule has 0 fully saturated rings. The van der Waals surface area contributed by atoms with Gasteiger partial charge in [0, 0.05) is 6.92 Å². The maximum absolute atomic E-state index is 12.8. The zero-order chi connectivity index (χ0) is 22.3. The van der Waals surface area contributed by atoms with E-state index in [0.29, 0.717) is 28.7 Å². The first kappa shape index (κ1) is 23.4. The summed E-state index contributed by atoms with van der Waals surface area (Å²) in [4.78, 5) is 36.7. The van der Waals surface area contributed by atoms with Crippen LogP contribution < -0.4 is 15.4 Å². The third kappa shape index (κ3) is 6.32. The second-order valence-corrected chi connectivity index (χ2v) is 8.21. The first-order chi connectivity index (χ1) is 14.2. The molecule has 2 N–H and O–H groups in total. The number of rotatable bonds is 9. The number of nitrogens with one attached hydrogen (secondary N) is 2. The van der Waals surface area contributed by atoms with E-state index in [2.05, 4.69) is 24.5 Å². The van der Waals surface area contributed by atoms with Gasteiger partial charge in [-0.1, -0.05) is 26.0 Å². The van der Waals surface area contributed by atoms with Crippen LogP contribution in [0.25, 0.3) is 0 Å². The number of anilines is 1. The molecule has 2 amide bonds. The van der Waals surface area contributed by atoms with Gasteiger partial charge in [-0.25, -0.2) is 4.79 Å². The Balaban J connectivity index is 2.21. The lowest BCUT2D eigenvalue weighted by molar-refractivity contribution is -0.120. The largest absolute Gasteiger partial charge is 0.497 e. The summed E-state index contributed by atoms with van der Waals surface area (Å²) in [7, 11) is 2.89. The average molecular weight is 433 g/mol. The predicted octanol–water partition coefficient (Wildman–Crippen LogP) is 3.95. The number of ether oxygens (including phenoxy) is 2. The Bertz CT molecular complexity index is 889. The Morgan fingerprint density at radius 1 is 1.10 bits per heavy atom. The summed E-state index contributed by atoms with van der Waals surface area (Å²) in [5, 5.41) is 7.95. The van der Waals surface area contributed by atoms with Gasteiger partial charge < -0.3 is 20.1 Å². The molecule has 0 aliphatic heterocycles. The molecule has 7 nitrogen and oxygen atoms in total. The number of carbonyl (C=O) groups is 3. The van der Waals surface area contributed by atoms with E-state index in [1.54, 1.807) is 31.4 Å². The van der Waals surface area contributed by atoms with Gasteiger partial charge in [0.25, 0.3) is 0 Å². The van der Waals surface area contributed by atoms with Crippen molar-refractivity contribution in [2.24, 2.45) is 5.92 Å². The van der Waals surface area contributed by atoms with Crippen molar-refractivity contribution in [3.63, 3.8) is 0 Å². The molecule has 0 radical (unpaired) electrons. The van der Waals surface area contributed by atoms with E-state index in [9.17, 15) is 14.4 Å². The lowest BCUT2D eigenvalue weighted by Crippen LogP contribution is -2.29. The molecule has 0 aliphatic carbocycles. The van der Waals surface area contributed by atoms with E-state index in [4.69, 9.17) is 9.47 Å². The van der Waals surface area contributed by atoms with E-state index in [-0.39, 0.29) is 18.2 Å². The van der Waals surface area contributed by atoms with Crippen molar-refractivity contribution in [1.82, 2.24) is 5.32 Å². The van der Waals surface area contributed by atoms with Gasteiger partial charge in [0.15, 0.2) is 0 Å². The van der Waals surface area contributed by atoms with Crippen molar-refractivity contribution in [2.75, 3.05) is 19.5 Å². The van der Waals surface area contributed by atoms with Crippen molar-refractivity contribution >= 4 is 34.1 Å². The maximum atomic E-state index is 12.8. The Hall–Kier alpha value is -2.87. The number of benzene rings is 1. The number of carbonyl (C=O) groups excluding carboxylic acids is 3. The van der Waals surface area contributed by atoms with Gasteiger partial charge in [0.05, 0.1) is 32.2 Å². The fraction of sp³-hybridized carbons (Fsp3) is 0.409. The molecule has 0 saturated heterocycles. The minimum Gasteiger partial charge on any atom is -0.497 e. The van der Waals surface area contributed by atoms with Crippen LogP contribution >= 0.6 is 11.3 Å². The molecule has 0 aliphatic rings. The van der Waals surface area contributed by atoms with Crippen LogP contribution in [0, 0.1) is 5.92 Å². The summed E-state index contributed by atoms with van der Waals surface area (Å²) in [6.07, 6.45) is 0.723. The van der Waals surface area contributed by atoms with Gasteiger partial charge in [0.2, 0.25) is 11.8 Å². The van der Waals surface area contributed by atoms with Gasteiger partial charge in [-0.3, -0.25) is 9.59 Å². The fourth-order valence-electron chi connectivity index (χ4n) is 3.10. The number of hydrogen-bond acceptors (Lipinski definition) is 6. The summed E-state index contributed by atoms with van der Waals surface area (Å²) in [5.74, 6) is 0.00665. The van der Waals surface area contributed by atoms with Crippen LogP contribution in [0.4, 0.5) is 5.00 Å². The van der Waals surface area contributed by atoms with Crippen LogP contribution in [0.5, 0.6) is 5.75 Å². The van der Waals surface area contributed by atoms with Crippen molar-refractivity contribution in [3.8, 4) is 5.75 Å². The summed E-state index contributed by atoms with van der Waals surface area (Å²) in [5.41, 5.74) is 2.02. The first-order valence-electron chi connectivity index (χ1n) is 9.64. The monoisotopic (exact) mass is 432 g/mol. The minimum atomic E-state index is -0.509. The molecule has 2 rings (SSSR count). The first-order valence-corrected chi connectivity index (χ1v) is 10.5. The van der Waals surface area contributed by atoms with E-state index in [0.717, 1.165) is 11.1 Å². The van der Waals surface area contributed by atoms with E-state index >= 15 is 0 Å². The zero-order valence-corrected chi connectivity index (χ0v) is 18.7. The predicted molar refractivity (Wildman–Crippen MR) is 117 cm³/mol. The molecule has 30 heavy (non-hydrogen) atoms. The quantitative estimate of drug-likeness (QED) is 0.585. The Kier molecular flexibility index (Phi) is 8.41. The second-order valence-electron chi connectivity index (χ2n) is 7.33. The van der Waals surface area contributed by atoms with Crippen molar-refractivity contribution < 1.29 is 23.9 Å². The highest BCUT2D eigenvalue weighted by molar-refractivity contribution is 7.15. The van der Waals surface area contributed by atoms with Crippen LogP contribution in [0.15, 0.2) is 29.6 Å². The summed E-state index contributed by atoms with van der Waals surface area (Å²) >= 11 is 1.30. The van der Waals surface area contributed by atoms with Gasteiger partial charge >= 0.3 is 5.97 Å². The standard InChI is InChI=1S/C22H28N2O5S/c1-13(2)10-16-12-30-21(20(16)22(27)29-5)24-19(26)11-18(23-14(3)25)15-6-8-17(28-4)9-7-15/h6-9,12-13,18H,10-11H2,1-5H3,(H,23,25)(H,24,26). The SMILES string of the molecule is COC(=O)c1c(CC(C)C)csc1NC(=O)CC(NC(C)=O)c1ccc(OC)cc1. The van der Waals surface area contributed by atoms with Crippen LogP contribution in [0.3, 0.4) is 0 Å². The van der Waals surface area contributed by atoms with Crippen LogP contribution in [-0.4, -0.2) is 32.0 Å². The highest BCUT2D eigenvalue weighted by Gasteiger charge is 2.23. The van der Waals surface area contributed by atoms with Crippen molar-refractivity contribution in [3.05, 3.63) is 46.3 Å². The number of amides is 2.